The predicted octanol–water partition coefficient (Wildman–Crippen LogP) is 4.31. The first-order valence-electron chi connectivity index (χ1n) is 7.78. The van der Waals surface area contributed by atoms with Crippen LogP contribution in [-0.4, -0.2) is 40.9 Å². The van der Waals surface area contributed by atoms with Gasteiger partial charge in [0.05, 0.1) is 4.91 Å². The highest BCUT2D eigenvalue weighted by Crippen LogP contribution is 2.32. The highest BCUT2D eigenvalue weighted by atomic mass is 79.9. The topological polar surface area (TPSA) is 51.5 Å². The molecule has 1 fully saturated rings. The molecule has 0 bridgehead atoms. The first-order valence-corrected chi connectivity index (χ1v) is 9.38. The van der Waals surface area contributed by atoms with Crippen molar-refractivity contribution in [2.24, 2.45) is 0 Å². The van der Waals surface area contributed by atoms with E-state index < -0.39 is 0 Å². The number of thioether (sulfide) groups is 1. The lowest BCUT2D eigenvalue weighted by Crippen LogP contribution is -2.29. The maximum absolute atomic E-state index is 12.5. The molecule has 0 radical (unpaired) electrons. The van der Waals surface area contributed by atoms with Crippen LogP contribution in [-0.2, 0) is 9.53 Å². The van der Waals surface area contributed by atoms with Gasteiger partial charge in [-0.25, -0.2) is 0 Å². The van der Waals surface area contributed by atoms with Gasteiger partial charge in [-0.2, -0.15) is 0 Å². The molecule has 1 aromatic heterocycles. The summed E-state index contributed by atoms with van der Waals surface area (Å²) in [4.78, 5) is 26.3. The van der Waals surface area contributed by atoms with Crippen molar-refractivity contribution in [1.29, 1.82) is 0 Å². The van der Waals surface area contributed by atoms with Gasteiger partial charge in [0.25, 0.3) is 11.1 Å². The minimum atomic E-state index is -0.243. The summed E-state index contributed by atoms with van der Waals surface area (Å²) < 4.78 is 7.93. The molecule has 0 atom stereocenters. The van der Waals surface area contributed by atoms with Crippen molar-refractivity contribution < 1.29 is 14.3 Å². The van der Waals surface area contributed by atoms with Crippen molar-refractivity contribution in [2.75, 3.05) is 20.3 Å². The van der Waals surface area contributed by atoms with Crippen molar-refractivity contribution >= 4 is 44.9 Å². The van der Waals surface area contributed by atoms with Crippen LogP contribution in [0.25, 0.3) is 11.8 Å². The maximum atomic E-state index is 12.5. The largest absolute Gasteiger partial charge is 0.385 e. The van der Waals surface area contributed by atoms with E-state index in [4.69, 9.17) is 4.74 Å². The number of carbonyl (C=O) groups excluding carboxylic acids is 2. The number of imide groups is 1. The quantitative estimate of drug-likeness (QED) is 0.515. The van der Waals surface area contributed by atoms with Gasteiger partial charge in [-0.1, -0.05) is 22.0 Å². The van der Waals surface area contributed by atoms with E-state index in [1.54, 1.807) is 13.2 Å². The molecule has 0 saturated carbocycles. The molecular formula is C18H17BrN2O3S. The number of aromatic nitrogens is 1. The van der Waals surface area contributed by atoms with Gasteiger partial charge in [0.2, 0.25) is 0 Å². The van der Waals surface area contributed by atoms with Gasteiger partial charge in [0, 0.05) is 42.3 Å². The molecule has 1 aromatic carbocycles. The molecule has 5 nitrogen and oxygen atoms in total. The van der Waals surface area contributed by atoms with Crippen LogP contribution in [0.2, 0.25) is 0 Å². The average molecular weight is 421 g/mol. The van der Waals surface area contributed by atoms with Crippen molar-refractivity contribution in [2.45, 2.75) is 6.42 Å². The number of hydrogen-bond acceptors (Lipinski definition) is 4. The van der Waals surface area contributed by atoms with Gasteiger partial charge in [-0.3, -0.25) is 14.5 Å². The molecule has 3 rings (SSSR count). The minimum absolute atomic E-state index is 0.229. The lowest BCUT2D eigenvalue weighted by Gasteiger charge is -2.11. The molecule has 130 valence electrons. The van der Waals surface area contributed by atoms with Gasteiger partial charge in [-0.15, -0.1) is 0 Å². The maximum Gasteiger partial charge on any atom is 0.293 e. The summed E-state index contributed by atoms with van der Waals surface area (Å²) in [5.41, 5.74) is 1.82. The molecule has 0 aliphatic carbocycles. The third-order valence-electron chi connectivity index (χ3n) is 3.75. The fraction of sp³-hybridized carbons (Fsp3) is 0.222. The molecule has 1 aliphatic heterocycles. The van der Waals surface area contributed by atoms with Crippen molar-refractivity contribution in [3.05, 3.63) is 57.7 Å². The number of halogens is 1. The van der Waals surface area contributed by atoms with E-state index in [9.17, 15) is 9.59 Å². The van der Waals surface area contributed by atoms with Crippen molar-refractivity contribution in [3.8, 4) is 5.69 Å². The summed E-state index contributed by atoms with van der Waals surface area (Å²) in [7, 11) is 1.60. The number of carbonyl (C=O) groups is 2. The zero-order chi connectivity index (χ0) is 17.8. The van der Waals surface area contributed by atoms with Crippen LogP contribution in [0.5, 0.6) is 0 Å². The molecular weight excluding hydrogens is 404 g/mol. The second-order valence-corrected chi connectivity index (χ2v) is 7.37. The Labute approximate surface area is 158 Å². The van der Waals surface area contributed by atoms with Crippen LogP contribution in [0.3, 0.4) is 0 Å². The van der Waals surface area contributed by atoms with Crippen molar-refractivity contribution in [1.82, 2.24) is 9.47 Å². The molecule has 25 heavy (non-hydrogen) atoms. The van der Waals surface area contributed by atoms with E-state index in [-0.39, 0.29) is 11.1 Å². The van der Waals surface area contributed by atoms with Crippen LogP contribution >= 0.6 is 27.7 Å². The number of benzene rings is 1. The summed E-state index contributed by atoms with van der Waals surface area (Å²) in [5.74, 6) is -0.243. The monoisotopic (exact) mass is 420 g/mol. The molecule has 7 heteroatoms. The molecule has 2 aromatic rings. The number of amides is 2. The van der Waals surface area contributed by atoms with E-state index in [0.717, 1.165) is 27.6 Å². The second kappa shape index (κ2) is 8.03. The Balaban J connectivity index is 1.84. The predicted molar refractivity (Wildman–Crippen MR) is 103 cm³/mol. The molecule has 2 heterocycles. The fourth-order valence-electron chi connectivity index (χ4n) is 2.57. The van der Waals surface area contributed by atoms with Gasteiger partial charge in [-0.05, 0) is 54.6 Å². The molecule has 0 unspecified atom stereocenters. The van der Waals surface area contributed by atoms with Crippen LogP contribution in [0.15, 0.2) is 52.0 Å². The Kier molecular flexibility index (Phi) is 5.78. The summed E-state index contributed by atoms with van der Waals surface area (Å²) in [6.07, 6.45) is 4.33. The van der Waals surface area contributed by atoms with Gasteiger partial charge < -0.3 is 9.30 Å². The van der Waals surface area contributed by atoms with Crippen LogP contribution in [0, 0.1) is 0 Å². The van der Waals surface area contributed by atoms with Gasteiger partial charge >= 0.3 is 0 Å². The van der Waals surface area contributed by atoms with Crippen LogP contribution in [0.1, 0.15) is 12.1 Å². The number of nitrogens with zero attached hydrogens (tertiary/aromatic N) is 2. The van der Waals surface area contributed by atoms with E-state index in [0.29, 0.717) is 24.5 Å². The van der Waals surface area contributed by atoms with Crippen molar-refractivity contribution in [3.63, 3.8) is 0 Å². The molecule has 0 N–H and O–H groups in total. The first kappa shape index (κ1) is 18.0. The SMILES string of the molecule is COCCCN1C(=O)S/C(=C/c2cccn2-c2cccc(Br)c2)C1=O. The summed E-state index contributed by atoms with van der Waals surface area (Å²) >= 11 is 4.45. The van der Waals surface area contributed by atoms with E-state index in [1.807, 2.05) is 47.2 Å². The number of hydrogen-bond donors (Lipinski definition) is 0. The summed E-state index contributed by atoms with van der Waals surface area (Å²) in [6.45, 7) is 0.898. The molecule has 1 aliphatic rings. The standard InChI is InChI=1S/C18H17BrN2O3S/c1-24-10-4-9-21-17(22)16(25-18(21)23)12-15-7-3-8-20(15)14-6-2-5-13(19)11-14/h2-3,5-8,11-12H,4,9-10H2,1H3/b16-12+. The Morgan fingerprint density at radius 3 is 2.84 bits per heavy atom. The van der Waals surface area contributed by atoms with Gasteiger partial charge in [0.15, 0.2) is 0 Å². The third kappa shape index (κ3) is 4.05. The highest BCUT2D eigenvalue weighted by molar-refractivity contribution is 9.10. The first-order chi connectivity index (χ1) is 12.1. The summed E-state index contributed by atoms with van der Waals surface area (Å²) in [5, 5.41) is -0.229. The normalized spacial score (nSPS) is 16.2. The number of methoxy groups -OCH3 is 1. The lowest BCUT2D eigenvalue weighted by molar-refractivity contribution is -0.122. The van der Waals surface area contributed by atoms with E-state index in [2.05, 4.69) is 15.9 Å². The van der Waals surface area contributed by atoms with Crippen LogP contribution < -0.4 is 0 Å². The van der Waals surface area contributed by atoms with Crippen LogP contribution in [0.4, 0.5) is 4.79 Å². The van der Waals surface area contributed by atoms with E-state index in [1.165, 1.54) is 4.90 Å². The minimum Gasteiger partial charge on any atom is -0.385 e. The smallest absolute Gasteiger partial charge is 0.293 e. The second-order valence-electron chi connectivity index (χ2n) is 5.46. The Morgan fingerprint density at radius 1 is 1.24 bits per heavy atom. The van der Waals surface area contributed by atoms with E-state index >= 15 is 0 Å². The Bertz CT molecular complexity index is 831. The molecule has 2 amide bonds. The molecule has 1 saturated heterocycles. The fourth-order valence-corrected chi connectivity index (χ4v) is 3.80. The third-order valence-corrected chi connectivity index (χ3v) is 5.15. The lowest BCUT2D eigenvalue weighted by atomic mass is 10.3. The zero-order valence-electron chi connectivity index (χ0n) is 13.6. The number of ether oxygens (including phenoxy) is 1. The highest BCUT2D eigenvalue weighted by Gasteiger charge is 2.34. The molecule has 0 spiro atoms. The Hall–Kier alpha value is -1.83. The zero-order valence-corrected chi connectivity index (χ0v) is 16.0. The van der Waals surface area contributed by atoms with Gasteiger partial charge in [0.1, 0.15) is 0 Å². The number of rotatable bonds is 6. The summed E-state index contributed by atoms with van der Waals surface area (Å²) in [6, 6.07) is 11.7. The Morgan fingerprint density at radius 2 is 2.08 bits per heavy atom. The average Bonchev–Trinajstić information content (AvgIpc) is 3.15.